The van der Waals surface area contributed by atoms with E-state index < -0.39 is 11.7 Å². The van der Waals surface area contributed by atoms with Gasteiger partial charge in [0.15, 0.2) is 0 Å². The Bertz CT molecular complexity index is 503. The van der Waals surface area contributed by atoms with Crippen LogP contribution in [0.2, 0.25) is 0 Å². The molecule has 0 saturated heterocycles. The summed E-state index contributed by atoms with van der Waals surface area (Å²) in [6.07, 6.45) is -4.45. The molecule has 0 bridgehead atoms. The highest BCUT2D eigenvalue weighted by Gasteiger charge is 2.33. The van der Waals surface area contributed by atoms with Gasteiger partial charge in [0.1, 0.15) is 0 Å². The van der Waals surface area contributed by atoms with Gasteiger partial charge in [0.05, 0.1) is 11.5 Å². The van der Waals surface area contributed by atoms with E-state index in [1.807, 2.05) is 0 Å². The van der Waals surface area contributed by atoms with Crippen LogP contribution in [-0.2, 0) is 17.5 Å². The quantitative estimate of drug-likeness (QED) is 0.874. The van der Waals surface area contributed by atoms with Crippen molar-refractivity contribution in [1.82, 2.24) is 5.32 Å². The Kier molecular flexibility index (Phi) is 5.60. The minimum Gasteiger partial charge on any atom is -0.374 e. The molecule has 3 N–H and O–H groups in total. The van der Waals surface area contributed by atoms with Crippen LogP contribution in [0.3, 0.4) is 0 Å². The first-order valence-corrected chi connectivity index (χ1v) is 6.53. The highest BCUT2D eigenvalue weighted by molar-refractivity contribution is 5.78. The monoisotopic (exact) mass is 303 g/mol. The zero-order valence-corrected chi connectivity index (χ0v) is 12.3. The fraction of sp³-hybridized carbons (Fsp3) is 0.500. The molecule has 7 heteroatoms. The number of nitrogens with one attached hydrogen (secondary N) is 1. The average Bonchev–Trinajstić information content (AvgIpc) is 2.44. The van der Waals surface area contributed by atoms with Crippen LogP contribution in [0, 0.1) is 5.92 Å². The third-order valence-electron chi connectivity index (χ3n) is 3.30. The van der Waals surface area contributed by atoms with Gasteiger partial charge in [-0.15, -0.1) is 0 Å². The molecular weight excluding hydrogens is 283 g/mol. The van der Waals surface area contributed by atoms with Gasteiger partial charge in [-0.05, 0) is 17.7 Å². The number of amides is 1. The van der Waals surface area contributed by atoms with Crippen molar-refractivity contribution in [2.45, 2.75) is 19.6 Å². The molecule has 0 aliphatic heterocycles. The zero-order chi connectivity index (χ0) is 16.2. The van der Waals surface area contributed by atoms with E-state index in [4.69, 9.17) is 5.73 Å². The van der Waals surface area contributed by atoms with Crippen LogP contribution in [-0.4, -0.2) is 26.5 Å². The van der Waals surface area contributed by atoms with Gasteiger partial charge in [-0.1, -0.05) is 13.0 Å². The Labute approximate surface area is 122 Å². The largest absolute Gasteiger partial charge is 0.416 e. The number of hydrogen-bond donors (Lipinski definition) is 2. The number of hydrogen-bond acceptors (Lipinski definition) is 3. The second-order valence-corrected chi connectivity index (χ2v) is 4.94. The minimum absolute atomic E-state index is 0.0546. The van der Waals surface area contributed by atoms with Gasteiger partial charge in [0.25, 0.3) is 0 Å². The van der Waals surface area contributed by atoms with E-state index in [0.717, 1.165) is 6.07 Å². The molecule has 1 aromatic rings. The number of alkyl halides is 3. The summed E-state index contributed by atoms with van der Waals surface area (Å²) in [5, 5.41) is 2.51. The molecule has 0 aliphatic carbocycles. The number of carbonyl (C=O) groups excluding carboxylic acids is 1. The number of benzene rings is 1. The van der Waals surface area contributed by atoms with Gasteiger partial charge in [0, 0.05) is 32.9 Å². The molecule has 1 atom stereocenters. The van der Waals surface area contributed by atoms with Crippen molar-refractivity contribution < 1.29 is 18.0 Å². The fourth-order valence-electron chi connectivity index (χ4n) is 2.09. The molecular formula is C14H20F3N3O. The van der Waals surface area contributed by atoms with E-state index in [-0.39, 0.29) is 23.9 Å². The number of nitrogens with zero attached hydrogens (tertiary/aromatic N) is 1. The van der Waals surface area contributed by atoms with Crippen molar-refractivity contribution in [3.63, 3.8) is 0 Å². The highest BCUT2D eigenvalue weighted by atomic mass is 19.4. The molecule has 21 heavy (non-hydrogen) atoms. The first-order valence-electron chi connectivity index (χ1n) is 6.53. The molecule has 0 fully saturated rings. The Morgan fingerprint density at radius 1 is 1.43 bits per heavy atom. The molecule has 0 spiro atoms. The second kappa shape index (κ2) is 6.80. The van der Waals surface area contributed by atoms with Crippen molar-refractivity contribution in [1.29, 1.82) is 0 Å². The van der Waals surface area contributed by atoms with Crippen molar-refractivity contribution in [2.75, 3.05) is 25.5 Å². The maximum Gasteiger partial charge on any atom is 0.416 e. The third kappa shape index (κ3) is 4.35. The SMILES string of the molecule is CNC(=O)C(C)CN(C)c1ccc(CN)c(C(F)(F)F)c1. The van der Waals surface area contributed by atoms with Crippen LogP contribution in [0.4, 0.5) is 18.9 Å². The lowest BCUT2D eigenvalue weighted by Gasteiger charge is -2.24. The van der Waals surface area contributed by atoms with Crippen LogP contribution in [0.15, 0.2) is 18.2 Å². The molecule has 1 unspecified atom stereocenters. The summed E-state index contributed by atoms with van der Waals surface area (Å²) in [6.45, 7) is 1.86. The van der Waals surface area contributed by atoms with E-state index in [2.05, 4.69) is 5.32 Å². The molecule has 0 saturated carbocycles. The summed E-state index contributed by atoms with van der Waals surface area (Å²) in [5.74, 6) is -0.486. The minimum atomic E-state index is -4.45. The predicted molar refractivity (Wildman–Crippen MR) is 75.8 cm³/mol. The van der Waals surface area contributed by atoms with Crippen LogP contribution >= 0.6 is 0 Å². The maximum absolute atomic E-state index is 13.0. The van der Waals surface area contributed by atoms with E-state index in [1.54, 1.807) is 24.9 Å². The molecule has 0 radical (unpaired) electrons. The maximum atomic E-state index is 13.0. The predicted octanol–water partition coefficient (Wildman–Crippen LogP) is 1.98. The van der Waals surface area contributed by atoms with E-state index in [9.17, 15) is 18.0 Å². The highest BCUT2D eigenvalue weighted by Crippen LogP contribution is 2.34. The van der Waals surface area contributed by atoms with Crippen LogP contribution in [0.25, 0.3) is 0 Å². The summed E-state index contributed by atoms with van der Waals surface area (Å²) in [6, 6.07) is 4.02. The summed E-state index contributed by atoms with van der Waals surface area (Å²) in [4.78, 5) is 13.1. The number of rotatable bonds is 5. The second-order valence-electron chi connectivity index (χ2n) is 4.94. The van der Waals surface area contributed by atoms with Gasteiger partial charge < -0.3 is 16.0 Å². The van der Waals surface area contributed by atoms with Crippen LogP contribution in [0.1, 0.15) is 18.1 Å². The standard InChI is InChI=1S/C14H20F3N3O/c1-9(13(21)19-2)8-20(3)11-5-4-10(7-18)12(6-11)14(15,16)17/h4-6,9H,7-8,18H2,1-3H3,(H,19,21). The Morgan fingerprint density at radius 2 is 2.05 bits per heavy atom. The van der Waals surface area contributed by atoms with Gasteiger partial charge in [-0.25, -0.2) is 0 Å². The van der Waals surface area contributed by atoms with Gasteiger partial charge in [-0.3, -0.25) is 4.79 Å². The number of nitrogens with two attached hydrogens (primary N) is 1. The molecule has 0 heterocycles. The Balaban J connectivity index is 3.01. The number of halogens is 3. The molecule has 118 valence electrons. The van der Waals surface area contributed by atoms with Crippen LogP contribution in [0.5, 0.6) is 0 Å². The molecule has 4 nitrogen and oxygen atoms in total. The third-order valence-corrected chi connectivity index (χ3v) is 3.30. The molecule has 1 rings (SSSR count). The van der Waals surface area contributed by atoms with Crippen molar-refractivity contribution in [3.8, 4) is 0 Å². The van der Waals surface area contributed by atoms with Gasteiger partial charge >= 0.3 is 6.18 Å². The van der Waals surface area contributed by atoms with Gasteiger partial charge in [-0.2, -0.15) is 13.2 Å². The normalized spacial score (nSPS) is 12.9. The fourth-order valence-corrected chi connectivity index (χ4v) is 2.09. The van der Waals surface area contributed by atoms with Crippen molar-refractivity contribution >= 4 is 11.6 Å². The molecule has 1 amide bonds. The summed E-state index contributed by atoms with van der Waals surface area (Å²) in [5.41, 5.74) is 5.06. The lowest BCUT2D eigenvalue weighted by molar-refractivity contribution is -0.138. The summed E-state index contributed by atoms with van der Waals surface area (Å²) >= 11 is 0. The van der Waals surface area contributed by atoms with E-state index in [1.165, 1.54) is 13.1 Å². The van der Waals surface area contributed by atoms with E-state index >= 15 is 0 Å². The lowest BCUT2D eigenvalue weighted by Crippen LogP contribution is -2.34. The molecule has 0 aromatic heterocycles. The number of carbonyl (C=O) groups is 1. The summed E-state index contributed by atoms with van der Waals surface area (Å²) < 4.78 is 39.0. The van der Waals surface area contributed by atoms with E-state index in [0.29, 0.717) is 12.2 Å². The zero-order valence-electron chi connectivity index (χ0n) is 12.3. The topological polar surface area (TPSA) is 58.4 Å². The first kappa shape index (κ1) is 17.3. The average molecular weight is 303 g/mol. The van der Waals surface area contributed by atoms with Crippen molar-refractivity contribution in [3.05, 3.63) is 29.3 Å². The lowest BCUT2D eigenvalue weighted by atomic mass is 10.0. The smallest absolute Gasteiger partial charge is 0.374 e. The van der Waals surface area contributed by atoms with Crippen molar-refractivity contribution in [2.24, 2.45) is 11.7 Å². The Hall–Kier alpha value is -1.76. The van der Waals surface area contributed by atoms with Crippen LogP contribution < -0.4 is 16.0 Å². The Morgan fingerprint density at radius 3 is 2.52 bits per heavy atom. The molecule has 0 aliphatic rings. The summed E-state index contributed by atoms with van der Waals surface area (Å²) in [7, 11) is 3.17. The van der Waals surface area contributed by atoms with Gasteiger partial charge in [0.2, 0.25) is 5.91 Å². The number of anilines is 1. The first-order chi connectivity index (χ1) is 9.70. The molecule has 1 aromatic carbocycles.